The maximum absolute atomic E-state index is 12.8. The fourth-order valence-corrected chi connectivity index (χ4v) is 2.21. The zero-order valence-electron chi connectivity index (χ0n) is 11.4. The summed E-state index contributed by atoms with van der Waals surface area (Å²) in [6.07, 6.45) is -4.51. The highest BCUT2D eigenvalue weighted by Crippen LogP contribution is 2.37. The Balaban J connectivity index is 1.94. The third-order valence-electron chi connectivity index (χ3n) is 3.29. The maximum atomic E-state index is 12.8. The number of rotatable bonds is 2. The van der Waals surface area contributed by atoms with E-state index in [1.54, 1.807) is 12.1 Å². The molecule has 0 aliphatic carbocycles. The van der Waals surface area contributed by atoms with E-state index >= 15 is 0 Å². The molecule has 5 heteroatoms. The molecular weight excluding hydrogens is 291 g/mol. The van der Waals surface area contributed by atoms with Crippen LogP contribution in [0.25, 0.3) is 10.8 Å². The molecule has 3 aromatic carbocycles. The molecule has 0 aliphatic rings. The summed E-state index contributed by atoms with van der Waals surface area (Å²) in [6.45, 7) is 0. The van der Waals surface area contributed by atoms with Crippen LogP contribution in [0.3, 0.4) is 0 Å². The van der Waals surface area contributed by atoms with Gasteiger partial charge in [0.15, 0.2) is 0 Å². The smallest absolute Gasteiger partial charge is 0.418 e. The summed E-state index contributed by atoms with van der Waals surface area (Å²) in [7, 11) is 0. The fourth-order valence-electron chi connectivity index (χ4n) is 2.21. The van der Waals surface area contributed by atoms with Crippen molar-refractivity contribution in [3.63, 3.8) is 0 Å². The number of halogens is 3. The topological polar surface area (TPSA) is 35.2 Å². The van der Waals surface area contributed by atoms with E-state index in [1.807, 2.05) is 30.3 Å². The van der Waals surface area contributed by atoms with Gasteiger partial charge in [0, 0.05) is 5.69 Å². The Morgan fingerprint density at radius 3 is 2.14 bits per heavy atom. The SMILES string of the molecule is Nc1ccc(Oc2ccc3ccccc3c2)cc1C(F)(F)F. The Kier molecular flexibility index (Phi) is 3.41. The molecule has 3 rings (SSSR count). The highest BCUT2D eigenvalue weighted by Gasteiger charge is 2.33. The molecule has 22 heavy (non-hydrogen) atoms. The van der Waals surface area contributed by atoms with Gasteiger partial charge in [0.2, 0.25) is 0 Å². The van der Waals surface area contributed by atoms with Crippen molar-refractivity contribution in [1.82, 2.24) is 0 Å². The lowest BCUT2D eigenvalue weighted by atomic mass is 10.1. The quantitative estimate of drug-likeness (QED) is 0.658. The maximum Gasteiger partial charge on any atom is 0.418 e. The lowest BCUT2D eigenvalue weighted by Gasteiger charge is -2.12. The molecule has 112 valence electrons. The van der Waals surface area contributed by atoms with E-state index < -0.39 is 11.7 Å². The van der Waals surface area contributed by atoms with Crippen LogP contribution in [0, 0.1) is 0 Å². The Hall–Kier alpha value is -2.69. The molecule has 0 saturated heterocycles. The summed E-state index contributed by atoms with van der Waals surface area (Å²) in [4.78, 5) is 0. The van der Waals surface area contributed by atoms with Gasteiger partial charge in [0.1, 0.15) is 11.5 Å². The van der Waals surface area contributed by atoms with Gasteiger partial charge < -0.3 is 10.5 Å². The minimum atomic E-state index is -4.51. The van der Waals surface area contributed by atoms with Crippen LogP contribution in [0.4, 0.5) is 18.9 Å². The number of fused-ring (bicyclic) bond motifs is 1. The van der Waals surface area contributed by atoms with E-state index in [1.165, 1.54) is 12.1 Å². The van der Waals surface area contributed by atoms with Crippen LogP contribution >= 0.6 is 0 Å². The Labute approximate surface area is 124 Å². The van der Waals surface area contributed by atoms with Gasteiger partial charge in [-0.3, -0.25) is 0 Å². The minimum Gasteiger partial charge on any atom is -0.457 e. The van der Waals surface area contributed by atoms with Crippen molar-refractivity contribution in [2.24, 2.45) is 0 Å². The van der Waals surface area contributed by atoms with E-state index in [9.17, 15) is 13.2 Å². The van der Waals surface area contributed by atoms with Crippen LogP contribution in [0.15, 0.2) is 60.7 Å². The summed E-state index contributed by atoms with van der Waals surface area (Å²) < 4.78 is 44.0. The number of ether oxygens (including phenoxy) is 1. The summed E-state index contributed by atoms with van der Waals surface area (Å²) in [6, 6.07) is 16.5. The molecule has 2 nitrogen and oxygen atoms in total. The van der Waals surface area contributed by atoms with Crippen LogP contribution < -0.4 is 10.5 Å². The highest BCUT2D eigenvalue weighted by atomic mass is 19.4. The number of benzene rings is 3. The van der Waals surface area contributed by atoms with E-state index in [0.717, 1.165) is 16.8 Å². The second kappa shape index (κ2) is 5.26. The highest BCUT2D eigenvalue weighted by molar-refractivity contribution is 5.83. The minimum absolute atomic E-state index is 0.0943. The Morgan fingerprint density at radius 1 is 0.773 bits per heavy atom. The molecule has 0 amide bonds. The van der Waals surface area contributed by atoms with Crippen LogP contribution in [0.1, 0.15) is 5.56 Å². The average Bonchev–Trinajstić information content (AvgIpc) is 2.48. The molecule has 0 radical (unpaired) electrons. The molecule has 2 N–H and O–H groups in total. The summed E-state index contributed by atoms with van der Waals surface area (Å²) in [5.74, 6) is 0.563. The molecule has 0 aliphatic heterocycles. The van der Waals surface area contributed by atoms with Crippen LogP contribution in [-0.2, 0) is 6.18 Å². The average molecular weight is 303 g/mol. The number of hydrogen-bond acceptors (Lipinski definition) is 2. The van der Waals surface area contributed by atoms with Gasteiger partial charge >= 0.3 is 6.18 Å². The Bertz CT molecular complexity index is 827. The molecule has 0 aromatic heterocycles. The second-order valence-corrected chi connectivity index (χ2v) is 4.86. The number of hydrogen-bond donors (Lipinski definition) is 1. The summed E-state index contributed by atoms with van der Waals surface area (Å²) in [5.41, 5.74) is 4.15. The fraction of sp³-hybridized carbons (Fsp3) is 0.0588. The largest absolute Gasteiger partial charge is 0.457 e. The number of anilines is 1. The van der Waals surface area contributed by atoms with Crippen molar-refractivity contribution < 1.29 is 17.9 Å². The first-order chi connectivity index (χ1) is 10.4. The van der Waals surface area contributed by atoms with Crippen LogP contribution in [0.5, 0.6) is 11.5 Å². The monoisotopic (exact) mass is 303 g/mol. The molecular formula is C17H12F3NO. The van der Waals surface area contributed by atoms with Crippen molar-refractivity contribution in [3.8, 4) is 11.5 Å². The molecule has 0 spiro atoms. The zero-order valence-corrected chi connectivity index (χ0v) is 11.4. The molecule has 0 atom stereocenters. The van der Waals surface area contributed by atoms with Crippen LogP contribution in [-0.4, -0.2) is 0 Å². The molecule has 0 saturated carbocycles. The van der Waals surface area contributed by atoms with Crippen LogP contribution in [0.2, 0.25) is 0 Å². The van der Waals surface area contributed by atoms with Crippen molar-refractivity contribution in [1.29, 1.82) is 0 Å². The molecule has 0 fully saturated rings. The number of nitrogen functional groups attached to an aromatic ring is 1. The lowest BCUT2D eigenvalue weighted by Crippen LogP contribution is -2.08. The lowest BCUT2D eigenvalue weighted by molar-refractivity contribution is -0.137. The van der Waals surface area contributed by atoms with Crippen molar-refractivity contribution in [3.05, 3.63) is 66.2 Å². The van der Waals surface area contributed by atoms with E-state index in [2.05, 4.69) is 0 Å². The predicted molar refractivity (Wildman–Crippen MR) is 79.9 cm³/mol. The second-order valence-electron chi connectivity index (χ2n) is 4.86. The van der Waals surface area contributed by atoms with Gasteiger partial charge in [0.25, 0.3) is 0 Å². The first-order valence-corrected chi connectivity index (χ1v) is 6.57. The standard InChI is InChI=1S/C17H12F3NO/c18-17(19,20)15-10-14(7-8-16(15)21)22-13-6-5-11-3-1-2-4-12(11)9-13/h1-10H,21H2. The van der Waals surface area contributed by atoms with Gasteiger partial charge in [-0.2, -0.15) is 13.2 Å². The normalized spacial score (nSPS) is 11.6. The van der Waals surface area contributed by atoms with E-state index in [0.29, 0.717) is 5.75 Å². The van der Waals surface area contributed by atoms with Crippen molar-refractivity contribution >= 4 is 16.5 Å². The van der Waals surface area contributed by atoms with Gasteiger partial charge in [0.05, 0.1) is 5.56 Å². The molecule has 0 heterocycles. The molecule has 0 unspecified atom stereocenters. The third-order valence-corrected chi connectivity index (χ3v) is 3.29. The zero-order chi connectivity index (χ0) is 15.7. The van der Waals surface area contributed by atoms with E-state index in [-0.39, 0.29) is 11.4 Å². The van der Waals surface area contributed by atoms with Crippen molar-refractivity contribution in [2.75, 3.05) is 5.73 Å². The summed E-state index contributed by atoms with van der Waals surface area (Å²) in [5, 5.41) is 1.98. The third kappa shape index (κ3) is 2.83. The molecule has 3 aromatic rings. The first-order valence-electron chi connectivity index (χ1n) is 6.57. The Morgan fingerprint density at radius 2 is 1.41 bits per heavy atom. The number of nitrogens with two attached hydrogens (primary N) is 1. The summed E-state index contributed by atoms with van der Waals surface area (Å²) >= 11 is 0. The van der Waals surface area contributed by atoms with E-state index in [4.69, 9.17) is 10.5 Å². The predicted octanol–water partition coefficient (Wildman–Crippen LogP) is 5.23. The first kappa shape index (κ1) is 14.3. The number of alkyl halides is 3. The molecule has 0 bridgehead atoms. The van der Waals surface area contributed by atoms with Gasteiger partial charge in [-0.25, -0.2) is 0 Å². The van der Waals surface area contributed by atoms with Gasteiger partial charge in [-0.05, 0) is 41.1 Å². The van der Waals surface area contributed by atoms with Crippen molar-refractivity contribution in [2.45, 2.75) is 6.18 Å². The van der Waals surface area contributed by atoms with Gasteiger partial charge in [-0.1, -0.05) is 30.3 Å². The van der Waals surface area contributed by atoms with Gasteiger partial charge in [-0.15, -0.1) is 0 Å².